The summed E-state index contributed by atoms with van der Waals surface area (Å²) in [7, 11) is 0. The maximum absolute atomic E-state index is 6.70. The van der Waals surface area contributed by atoms with E-state index in [1.807, 2.05) is 6.07 Å². The number of para-hydroxylation sites is 5. The van der Waals surface area contributed by atoms with Crippen LogP contribution in [0.1, 0.15) is 22.3 Å². The van der Waals surface area contributed by atoms with Crippen molar-refractivity contribution in [3.8, 4) is 22.3 Å². The molecule has 272 valence electrons. The minimum atomic E-state index is -0.559. The molecule has 1 spiro atoms. The first kappa shape index (κ1) is 32.6. The molecule has 58 heavy (non-hydrogen) atoms. The summed E-state index contributed by atoms with van der Waals surface area (Å²) in [6.07, 6.45) is 0. The third kappa shape index (κ3) is 4.62. The quantitative estimate of drug-likeness (QED) is 0.169. The highest BCUT2D eigenvalue weighted by molar-refractivity contribution is 6.10. The lowest BCUT2D eigenvalue weighted by atomic mass is 9.70. The van der Waals surface area contributed by atoms with Crippen LogP contribution in [0.25, 0.3) is 44.2 Å². The minimum absolute atomic E-state index is 0.559. The van der Waals surface area contributed by atoms with Gasteiger partial charge in [0.15, 0.2) is 5.58 Å². The van der Waals surface area contributed by atoms with E-state index in [0.29, 0.717) is 0 Å². The second kappa shape index (κ2) is 12.7. The molecule has 1 unspecified atom stereocenters. The van der Waals surface area contributed by atoms with Gasteiger partial charge in [0, 0.05) is 39.2 Å². The highest BCUT2D eigenvalue weighted by atomic mass is 16.3. The first-order valence-electron chi connectivity index (χ1n) is 19.9. The summed E-state index contributed by atoms with van der Waals surface area (Å²) < 4.78 is 6.70. The summed E-state index contributed by atoms with van der Waals surface area (Å²) in [6.45, 7) is 0. The molecular formula is C55H36N2O. The van der Waals surface area contributed by atoms with Gasteiger partial charge in [-0.1, -0.05) is 146 Å². The topological polar surface area (TPSA) is 19.6 Å². The molecule has 3 nitrogen and oxygen atoms in total. The summed E-state index contributed by atoms with van der Waals surface area (Å²) in [4.78, 5) is 4.74. The van der Waals surface area contributed by atoms with Crippen LogP contribution in [0.3, 0.4) is 0 Å². The van der Waals surface area contributed by atoms with Crippen LogP contribution in [0, 0.1) is 0 Å². The molecule has 0 saturated carbocycles. The summed E-state index contributed by atoms with van der Waals surface area (Å²) in [5.41, 5.74) is 17.9. The van der Waals surface area contributed by atoms with Crippen LogP contribution < -0.4 is 9.80 Å². The number of rotatable bonds is 6. The van der Waals surface area contributed by atoms with Crippen LogP contribution in [0.4, 0.5) is 34.1 Å². The van der Waals surface area contributed by atoms with Gasteiger partial charge >= 0.3 is 0 Å². The fraction of sp³-hybridized carbons (Fsp3) is 0.0182. The van der Waals surface area contributed by atoms with Crippen LogP contribution >= 0.6 is 0 Å². The molecule has 1 atom stereocenters. The molecule has 9 aromatic carbocycles. The lowest BCUT2D eigenvalue weighted by molar-refractivity contribution is 0.669. The van der Waals surface area contributed by atoms with E-state index in [-0.39, 0.29) is 0 Å². The van der Waals surface area contributed by atoms with Crippen LogP contribution in [0.15, 0.2) is 223 Å². The molecular weight excluding hydrogens is 705 g/mol. The predicted octanol–water partition coefficient (Wildman–Crippen LogP) is 14.9. The Kier molecular flexibility index (Phi) is 7.14. The van der Waals surface area contributed by atoms with Crippen LogP contribution in [0.2, 0.25) is 0 Å². The first-order chi connectivity index (χ1) is 28.8. The zero-order valence-corrected chi connectivity index (χ0v) is 31.6. The van der Waals surface area contributed by atoms with Gasteiger partial charge in [-0.25, -0.2) is 0 Å². The van der Waals surface area contributed by atoms with Crippen molar-refractivity contribution in [2.24, 2.45) is 0 Å². The molecule has 1 aromatic heterocycles. The third-order valence-corrected chi connectivity index (χ3v) is 12.2. The highest BCUT2D eigenvalue weighted by Gasteiger charge is 2.52. The van der Waals surface area contributed by atoms with Gasteiger partial charge in [-0.2, -0.15) is 0 Å². The molecule has 2 aliphatic carbocycles. The summed E-state index contributed by atoms with van der Waals surface area (Å²) in [5, 5.41) is 2.22. The zero-order chi connectivity index (χ0) is 38.2. The number of hydrogen-bond acceptors (Lipinski definition) is 3. The van der Waals surface area contributed by atoms with Gasteiger partial charge < -0.3 is 14.2 Å². The van der Waals surface area contributed by atoms with Crippen molar-refractivity contribution >= 4 is 56.1 Å². The standard InChI is InChI=1S/C55H36N2O/c1-4-17-37(18-5-1)56(38-19-6-2-7-20-38)40-31-33-44-42-23-10-13-27-48(42)55(50(44)35-40)49-28-14-11-24-43(49)45-34-32-41(36-51(45)55)57(39-21-8-3-9-22-39)52-29-16-26-47-46-25-12-15-30-53(46)58-54(47)52/h1-36H. The van der Waals surface area contributed by atoms with Crippen molar-refractivity contribution in [2.75, 3.05) is 9.80 Å². The largest absolute Gasteiger partial charge is 0.454 e. The molecule has 0 amide bonds. The second-order valence-electron chi connectivity index (χ2n) is 15.2. The normalized spacial score (nSPS) is 14.6. The van der Waals surface area contributed by atoms with E-state index in [9.17, 15) is 0 Å². The molecule has 0 N–H and O–H groups in total. The van der Waals surface area contributed by atoms with Crippen molar-refractivity contribution in [3.63, 3.8) is 0 Å². The van der Waals surface area contributed by atoms with Crippen molar-refractivity contribution in [3.05, 3.63) is 241 Å². The molecule has 0 fully saturated rings. The molecule has 0 bridgehead atoms. The van der Waals surface area contributed by atoms with E-state index in [0.717, 1.165) is 56.1 Å². The minimum Gasteiger partial charge on any atom is -0.454 e. The van der Waals surface area contributed by atoms with E-state index in [2.05, 4.69) is 222 Å². The molecule has 12 rings (SSSR count). The van der Waals surface area contributed by atoms with Gasteiger partial charge in [0.05, 0.1) is 11.1 Å². The zero-order valence-electron chi connectivity index (χ0n) is 31.6. The summed E-state index contributed by atoms with van der Waals surface area (Å²) in [6, 6.07) is 79.2. The number of anilines is 6. The van der Waals surface area contributed by atoms with Gasteiger partial charge in [0.1, 0.15) is 5.58 Å². The first-order valence-corrected chi connectivity index (χ1v) is 19.9. The van der Waals surface area contributed by atoms with Crippen molar-refractivity contribution < 1.29 is 4.42 Å². The number of fused-ring (bicyclic) bond motifs is 13. The number of furan rings is 1. The molecule has 2 aliphatic rings. The molecule has 0 aliphatic heterocycles. The van der Waals surface area contributed by atoms with Gasteiger partial charge in [0.25, 0.3) is 0 Å². The van der Waals surface area contributed by atoms with Gasteiger partial charge in [-0.05, 0) is 117 Å². The highest BCUT2D eigenvalue weighted by Crippen LogP contribution is 2.64. The maximum Gasteiger partial charge on any atom is 0.159 e. The second-order valence-corrected chi connectivity index (χ2v) is 15.2. The van der Waals surface area contributed by atoms with Gasteiger partial charge in [-0.3, -0.25) is 0 Å². The fourth-order valence-electron chi connectivity index (χ4n) is 9.91. The average molecular weight is 741 g/mol. The van der Waals surface area contributed by atoms with Crippen LogP contribution in [-0.2, 0) is 5.41 Å². The Morgan fingerprint density at radius 2 is 0.759 bits per heavy atom. The van der Waals surface area contributed by atoms with E-state index < -0.39 is 5.41 Å². The number of benzene rings is 9. The van der Waals surface area contributed by atoms with Gasteiger partial charge in [0.2, 0.25) is 0 Å². The average Bonchev–Trinajstić information content (AvgIpc) is 3.92. The summed E-state index contributed by atoms with van der Waals surface area (Å²) in [5.74, 6) is 0. The Hall–Kier alpha value is -7.62. The molecule has 0 saturated heterocycles. The number of hydrogen-bond donors (Lipinski definition) is 0. The molecule has 0 radical (unpaired) electrons. The monoisotopic (exact) mass is 740 g/mol. The lowest BCUT2D eigenvalue weighted by Crippen LogP contribution is -2.26. The maximum atomic E-state index is 6.70. The van der Waals surface area contributed by atoms with E-state index in [4.69, 9.17) is 4.42 Å². The van der Waals surface area contributed by atoms with Crippen molar-refractivity contribution in [1.82, 2.24) is 0 Å². The molecule has 1 heterocycles. The van der Waals surface area contributed by atoms with Gasteiger partial charge in [-0.15, -0.1) is 0 Å². The fourth-order valence-corrected chi connectivity index (χ4v) is 9.91. The van der Waals surface area contributed by atoms with Crippen LogP contribution in [-0.4, -0.2) is 0 Å². The third-order valence-electron chi connectivity index (χ3n) is 12.2. The Morgan fingerprint density at radius 1 is 0.310 bits per heavy atom. The Balaban J connectivity index is 1.13. The SMILES string of the molecule is c1ccc(N(c2ccccc2)c2ccc3c(c2)C2(c4ccccc4-3)c3ccccc3-c3ccc(N(c4ccccc4)c4cccc5c4oc4ccccc45)cc32)cc1. The molecule has 10 aromatic rings. The number of nitrogens with zero attached hydrogens (tertiary/aromatic N) is 2. The van der Waals surface area contributed by atoms with Crippen LogP contribution in [0.5, 0.6) is 0 Å². The van der Waals surface area contributed by atoms with E-state index >= 15 is 0 Å². The Bertz CT molecular complexity index is 3140. The smallest absolute Gasteiger partial charge is 0.159 e. The molecule has 3 heteroatoms. The Labute approximate surface area is 337 Å². The van der Waals surface area contributed by atoms with Crippen molar-refractivity contribution in [1.29, 1.82) is 0 Å². The lowest BCUT2D eigenvalue weighted by Gasteiger charge is -2.33. The van der Waals surface area contributed by atoms with Crippen molar-refractivity contribution in [2.45, 2.75) is 5.41 Å². The van der Waals surface area contributed by atoms with E-state index in [1.165, 1.54) is 44.5 Å². The summed E-state index contributed by atoms with van der Waals surface area (Å²) >= 11 is 0. The Morgan fingerprint density at radius 3 is 1.34 bits per heavy atom. The van der Waals surface area contributed by atoms with E-state index in [1.54, 1.807) is 0 Å². The predicted molar refractivity (Wildman–Crippen MR) is 239 cm³/mol.